The largest absolute Gasteiger partial charge is 0.334 e. The molecule has 0 aliphatic heterocycles. The fourth-order valence-corrected chi connectivity index (χ4v) is 1.90. The van der Waals surface area contributed by atoms with Crippen LogP contribution in [0.2, 0.25) is 0 Å². The van der Waals surface area contributed by atoms with Gasteiger partial charge < -0.3 is 4.98 Å². The summed E-state index contributed by atoms with van der Waals surface area (Å²) in [5.41, 5.74) is 0. The third-order valence-corrected chi connectivity index (χ3v) is 2.82. The smallest absolute Gasteiger partial charge is 0.331 e. The van der Waals surface area contributed by atoms with Crippen molar-refractivity contribution >= 4 is 10.1 Å². The van der Waals surface area contributed by atoms with Crippen molar-refractivity contribution in [3.05, 3.63) is 25.0 Å². The van der Waals surface area contributed by atoms with Crippen molar-refractivity contribution in [3.8, 4) is 0 Å². The minimum absolute atomic E-state index is 0.183. The normalized spacial score (nSPS) is 13.8. The molecule has 0 radical (unpaired) electrons. The molecule has 6 heteroatoms. The van der Waals surface area contributed by atoms with Gasteiger partial charge in [-0.15, -0.1) is 6.58 Å². The lowest BCUT2D eigenvalue weighted by atomic mass is 10.3. The van der Waals surface area contributed by atoms with Crippen molar-refractivity contribution in [2.45, 2.75) is 24.6 Å². The Morgan fingerprint density at radius 2 is 2.50 bits per heavy atom. The monoisotopic (exact) mass is 216 g/mol. The highest BCUT2D eigenvalue weighted by Gasteiger charge is 2.21. The summed E-state index contributed by atoms with van der Waals surface area (Å²) in [6.45, 7) is 5.29. The predicted molar refractivity (Wildman–Crippen MR) is 51.1 cm³/mol. The van der Waals surface area contributed by atoms with Gasteiger partial charge in [-0.1, -0.05) is 13.0 Å². The van der Waals surface area contributed by atoms with E-state index in [1.165, 1.54) is 18.5 Å². The SMILES string of the molecule is C=CC(CC)OS(=O)(=O)c1ncc[nH]1. The van der Waals surface area contributed by atoms with E-state index >= 15 is 0 Å². The standard InChI is InChI=1S/C8H12N2O3S/c1-3-7(4-2)13-14(11,12)8-9-5-6-10-8/h3,5-7H,1,4H2,2H3,(H,9,10). The Morgan fingerprint density at radius 3 is 2.93 bits per heavy atom. The van der Waals surface area contributed by atoms with Crippen LogP contribution < -0.4 is 0 Å². The number of rotatable bonds is 5. The van der Waals surface area contributed by atoms with Crippen molar-refractivity contribution in [2.24, 2.45) is 0 Å². The molecule has 0 bridgehead atoms. The zero-order valence-electron chi connectivity index (χ0n) is 7.80. The van der Waals surface area contributed by atoms with Crippen molar-refractivity contribution in [1.82, 2.24) is 9.97 Å². The van der Waals surface area contributed by atoms with E-state index in [0.717, 1.165) is 0 Å². The van der Waals surface area contributed by atoms with E-state index < -0.39 is 16.2 Å². The van der Waals surface area contributed by atoms with Gasteiger partial charge in [-0.05, 0) is 6.42 Å². The number of hydrogen-bond acceptors (Lipinski definition) is 4. The van der Waals surface area contributed by atoms with E-state index in [4.69, 9.17) is 4.18 Å². The minimum atomic E-state index is -3.78. The van der Waals surface area contributed by atoms with E-state index in [1.54, 1.807) is 0 Å². The first kappa shape index (κ1) is 10.9. The molecule has 0 fully saturated rings. The number of H-pyrrole nitrogens is 1. The summed E-state index contributed by atoms with van der Waals surface area (Å²) in [5.74, 6) is 0. The zero-order valence-corrected chi connectivity index (χ0v) is 8.62. The van der Waals surface area contributed by atoms with Crippen LogP contribution in [0.25, 0.3) is 0 Å². The van der Waals surface area contributed by atoms with E-state index in [0.29, 0.717) is 6.42 Å². The molecule has 1 heterocycles. The topological polar surface area (TPSA) is 72.1 Å². The third-order valence-electron chi connectivity index (χ3n) is 1.63. The Labute approximate surface area is 82.9 Å². The van der Waals surface area contributed by atoms with Crippen LogP contribution in [0, 0.1) is 0 Å². The Kier molecular flexibility index (Phi) is 3.43. The van der Waals surface area contributed by atoms with Crippen LogP contribution in [0.3, 0.4) is 0 Å². The third kappa shape index (κ3) is 2.43. The average molecular weight is 216 g/mol. The quantitative estimate of drug-likeness (QED) is 0.590. The van der Waals surface area contributed by atoms with Crippen LogP contribution in [0.5, 0.6) is 0 Å². The number of hydrogen-bond donors (Lipinski definition) is 1. The summed E-state index contributed by atoms with van der Waals surface area (Å²) < 4.78 is 27.8. The molecule has 0 aliphatic rings. The summed E-state index contributed by atoms with van der Waals surface area (Å²) in [4.78, 5) is 6.08. The Hall–Kier alpha value is -1.14. The highest BCUT2D eigenvalue weighted by molar-refractivity contribution is 7.86. The molecular weight excluding hydrogens is 204 g/mol. The van der Waals surface area contributed by atoms with Gasteiger partial charge in [0.05, 0.1) is 6.10 Å². The predicted octanol–water partition coefficient (Wildman–Crippen LogP) is 1.08. The molecule has 1 N–H and O–H groups in total. The molecule has 14 heavy (non-hydrogen) atoms. The van der Waals surface area contributed by atoms with Crippen molar-refractivity contribution in [1.29, 1.82) is 0 Å². The van der Waals surface area contributed by atoms with E-state index in [1.807, 2.05) is 6.92 Å². The van der Waals surface area contributed by atoms with Crippen LogP contribution in [-0.2, 0) is 14.3 Å². The fourth-order valence-electron chi connectivity index (χ4n) is 0.870. The maximum Gasteiger partial charge on any atom is 0.331 e. The first-order chi connectivity index (χ1) is 6.60. The first-order valence-corrected chi connectivity index (χ1v) is 5.56. The van der Waals surface area contributed by atoms with Crippen LogP contribution in [0.4, 0.5) is 0 Å². The van der Waals surface area contributed by atoms with Gasteiger partial charge in [-0.25, -0.2) is 4.98 Å². The molecular formula is C8H12N2O3S. The van der Waals surface area contributed by atoms with Crippen molar-refractivity contribution < 1.29 is 12.6 Å². The molecule has 5 nitrogen and oxygen atoms in total. The molecule has 78 valence electrons. The highest BCUT2D eigenvalue weighted by Crippen LogP contribution is 2.11. The Morgan fingerprint density at radius 1 is 1.79 bits per heavy atom. The van der Waals surface area contributed by atoms with Crippen molar-refractivity contribution in [3.63, 3.8) is 0 Å². The molecule has 0 aromatic carbocycles. The maximum atomic E-state index is 11.5. The van der Waals surface area contributed by atoms with Gasteiger partial charge in [-0.2, -0.15) is 8.42 Å². The summed E-state index contributed by atoms with van der Waals surface area (Å²) in [5, 5.41) is -0.183. The summed E-state index contributed by atoms with van der Waals surface area (Å²) in [7, 11) is -3.78. The van der Waals surface area contributed by atoms with Crippen LogP contribution in [0.15, 0.2) is 30.2 Å². The van der Waals surface area contributed by atoms with Gasteiger partial charge in [0.15, 0.2) is 0 Å². The Balaban J connectivity index is 2.82. The average Bonchev–Trinajstić information content (AvgIpc) is 2.67. The lowest BCUT2D eigenvalue weighted by Gasteiger charge is -2.09. The number of aromatic nitrogens is 2. The van der Waals surface area contributed by atoms with Crippen molar-refractivity contribution in [2.75, 3.05) is 0 Å². The zero-order chi connectivity index (χ0) is 10.6. The van der Waals surface area contributed by atoms with Gasteiger partial charge in [0.2, 0.25) is 0 Å². The lowest BCUT2D eigenvalue weighted by Crippen LogP contribution is -2.16. The molecule has 1 aromatic heterocycles. The number of nitrogens with zero attached hydrogens (tertiary/aromatic N) is 1. The molecule has 0 saturated carbocycles. The fraction of sp³-hybridized carbons (Fsp3) is 0.375. The lowest BCUT2D eigenvalue weighted by molar-refractivity contribution is 0.249. The first-order valence-electron chi connectivity index (χ1n) is 4.15. The highest BCUT2D eigenvalue weighted by atomic mass is 32.2. The van der Waals surface area contributed by atoms with Gasteiger partial charge in [-0.3, -0.25) is 4.18 Å². The van der Waals surface area contributed by atoms with E-state index in [-0.39, 0.29) is 5.16 Å². The molecule has 0 amide bonds. The van der Waals surface area contributed by atoms with E-state index in [2.05, 4.69) is 16.5 Å². The van der Waals surface area contributed by atoms with E-state index in [9.17, 15) is 8.42 Å². The molecule has 0 spiro atoms. The molecule has 0 saturated heterocycles. The van der Waals surface area contributed by atoms with Crippen LogP contribution >= 0.6 is 0 Å². The molecule has 1 unspecified atom stereocenters. The minimum Gasteiger partial charge on any atom is -0.334 e. The summed E-state index contributed by atoms with van der Waals surface area (Å²) in [6, 6.07) is 0. The number of nitrogens with one attached hydrogen (secondary N) is 1. The summed E-state index contributed by atoms with van der Waals surface area (Å²) >= 11 is 0. The second-order valence-electron chi connectivity index (χ2n) is 2.63. The molecule has 0 aliphatic carbocycles. The molecule has 1 atom stereocenters. The maximum absolute atomic E-state index is 11.5. The molecule has 1 rings (SSSR count). The van der Waals surface area contributed by atoms with Gasteiger partial charge in [0.1, 0.15) is 0 Å². The van der Waals surface area contributed by atoms with Crippen LogP contribution in [0.1, 0.15) is 13.3 Å². The van der Waals surface area contributed by atoms with Gasteiger partial charge >= 0.3 is 10.1 Å². The molecule has 1 aromatic rings. The second kappa shape index (κ2) is 4.39. The number of aromatic amines is 1. The summed E-state index contributed by atoms with van der Waals surface area (Å²) in [6.07, 6.45) is 4.25. The van der Waals surface area contributed by atoms with Gasteiger partial charge in [0.25, 0.3) is 5.16 Å². The Bertz CT molecular complexity index is 383. The second-order valence-corrected chi connectivity index (χ2v) is 4.11. The number of imidazole rings is 1. The van der Waals surface area contributed by atoms with Crippen LogP contribution in [-0.4, -0.2) is 24.5 Å². The van der Waals surface area contributed by atoms with Gasteiger partial charge in [0, 0.05) is 12.4 Å².